The van der Waals surface area contributed by atoms with Crippen molar-refractivity contribution in [3.05, 3.63) is 30.1 Å². The van der Waals surface area contributed by atoms with E-state index in [9.17, 15) is 4.79 Å². The molecule has 5 nitrogen and oxygen atoms in total. The summed E-state index contributed by atoms with van der Waals surface area (Å²) >= 11 is 1.75. The highest BCUT2D eigenvalue weighted by Gasteiger charge is 2.34. The highest BCUT2D eigenvalue weighted by molar-refractivity contribution is 7.98. The topological polar surface area (TPSA) is 48.5 Å². The second-order valence-corrected chi connectivity index (χ2v) is 7.36. The number of rotatable bonds is 6. The Balaban J connectivity index is 1.96. The van der Waals surface area contributed by atoms with Crippen molar-refractivity contribution in [2.24, 2.45) is 5.92 Å². The SMILES string of the molecule is CSC[C@@H](C)NC(=O)N(C)C[C@@H]1CCN(C)[C@H]1c1cccnc1. The average molecular weight is 337 g/mol. The van der Waals surface area contributed by atoms with Gasteiger partial charge >= 0.3 is 6.03 Å². The molecule has 0 spiro atoms. The molecule has 23 heavy (non-hydrogen) atoms. The van der Waals surface area contributed by atoms with Crippen molar-refractivity contribution >= 4 is 17.8 Å². The molecule has 1 fully saturated rings. The molecule has 0 aromatic carbocycles. The third-order valence-electron chi connectivity index (χ3n) is 4.44. The first-order chi connectivity index (χ1) is 11.0. The summed E-state index contributed by atoms with van der Waals surface area (Å²) in [5.41, 5.74) is 1.24. The Bertz CT molecular complexity index is 499. The van der Waals surface area contributed by atoms with Crippen LogP contribution in [0.1, 0.15) is 24.9 Å². The second kappa shape index (κ2) is 8.55. The highest BCUT2D eigenvalue weighted by atomic mass is 32.2. The van der Waals surface area contributed by atoms with Crippen LogP contribution in [0.3, 0.4) is 0 Å². The maximum Gasteiger partial charge on any atom is 0.317 e. The number of urea groups is 1. The fraction of sp³-hybridized carbons (Fsp3) is 0.647. The normalized spacial score (nSPS) is 22.8. The summed E-state index contributed by atoms with van der Waals surface area (Å²) in [5.74, 6) is 1.38. The molecule has 2 amide bonds. The molecule has 1 saturated heterocycles. The predicted octanol–water partition coefficient (Wildman–Crippen LogP) is 2.47. The van der Waals surface area contributed by atoms with Crippen molar-refractivity contribution in [2.45, 2.75) is 25.4 Å². The lowest BCUT2D eigenvalue weighted by molar-refractivity contribution is 0.187. The second-order valence-electron chi connectivity index (χ2n) is 6.45. The van der Waals surface area contributed by atoms with E-state index in [1.807, 2.05) is 31.1 Å². The molecule has 0 unspecified atom stereocenters. The third-order valence-corrected chi connectivity index (χ3v) is 5.27. The standard InChI is InChI=1S/C17H28N4OS/c1-13(12-23-4)19-17(22)21(3)11-15-7-9-20(2)16(15)14-6-5-8-18-10-14/h5-6,8,10,13,15-16H,7,9,11-12H2,1-4H3,(H,19,22)/t13-,15+,16+/m1/s1. The molecular weight excluding hydrogens is 308 g/mol. The molecule has 0 radical (unpaired) electrons. The smallest absolute Gasteiger partial charge is 0.317 e. The summed E-state index contributed by atoms with van der Waals surface area (Å²) in [6.07, 6.45) is 6.91. The van der Waals surface area contributed by atoms with Crippen LogP contribution < -0.4 is 5.32 Å². The third kappa shape index (κ3) is 4.85. The highest BCUT2D eigenvalue weighted by Crippen LogP contribution is 2.36. The van der Waals surface area contributed by atoms with Crippen molar-refractivity contribution in [2.75, 3.05) is 39.2 Å². The molecule has 1 aliphatic heterocycles. The van der Waals surface area contributed by atoms with Gasteiger partial charge in [-0.3, -0.25) is 9.88 Å². The lowest BCUT2D eigenvalue weighted by Crippen LogP contribution is -2.45. The Hall–Kier alpha value is -1.27. The molecule has 2 heterocycles. The van der Waals surface area contributed by atoms with Crippen molar-refractivity contribution in [3.63, 3.8) is 0 Å². The number of carbonyl (C=O) groups excluding carboxylic acids is 1. The Morgan fingerprint density at radius 1 is 1.61 bits per heavy atom. The van der Waals surface area contributed by atoms with Crippen LogP contribution in [0.15, 0.2) is 24.5 Å². The molecule has 128 valence electrons. The van der Waals surface area contributed by atoms with Crippen LogP contribution in [0.2, 0.25) is 0 Å². The maximum absolute atomic E-state index is 12.3. The molecule has 1 aromatic heterocycles. The van der Waals surface area contributed by atoms with E-state index < -0.39 is 0 Å². The van der Waals surface area contributed by atoms with Gasteiger partial charge in [0.15, 0.2) is 0 Å². The summed E-state index contributed by atoms with van der Waals surface area (Å²) in [5, 5.41) is 3.06. The number of likely N-dealkylation sites (tertiary alicyclic amines) is 1. The molecule has 1 aliphatic rings. The van der Waals surface area contributed by atoms with Gasteiger partial charge in [-0.25, -0.2) is 4.79 Å². The molecule has 1 aromatic rings. The van der Waals surface area contributed by atoms with E-state index in [0.29, 0.717) is 12.0 Å². The Morgan fingerprint density at radius 3 is 3.04 bits per heavy atom. The Labute approximate surface area is 143 Å². The Morgan fingerprint density at radius 2 is 2.39 bits per heavy atom. The average Bonchev–Trinajstić information content (AvgIpc) is 2.88. The van der Waals surface area contributed by atoms with Crippen LogP contribution in [0.5, 0.6) is 0 Å². The number of nitrogens with zero attached hydrogens (tertiary/aromatic N) is 3. The van der Waals surface area contributed by atoms with E-state index in [1.54, 1.807) is 18.0 Å². The number of nitrogens with one attached hydrogen (secondary N) is 1. The van der Waals surface area contributed by atoms with Gasteiger partial charge in [-0.15, -0.1) is 0 Å². The van der Waals surface area contributed by atoms with Crippen LogP contribution in [0, 0.1) is 5.92 Å². The molecular formula is C17H28N4OS. The van der Waals surface area contributed by atoms with Crippen LogP contribution >= 0.6 is 11.8 Å². The van der Waals surface area contributed by atoms with E-state index in [2.05, 4.69) is 34.6 Å². The summed E-state index contributed by atoms with van der Waals surface area (Å²) in [7, 11) is 4.04. The van der Waals surface area contributed by atoms with E-state index in [1.165, 1.54) is 5.56 Å². The van der Waals surface area contributed by atoms with Crippen LogP contribution in [-0.4, -0.2) is 66.1 Å². The number of carbonyl (C=O) groups is 1. The van der Waals surface area contributed by atoms with E-state index in [-0.39, 0.29) is 12.1 Å². The zero-order valence-electron chi connectivity index (χ0n) is 14.5. The number of aromatic nitrogens is 1. The van der Waals surface area contributed by atoms with E-state index in [4.69, 9.17) is 0 Å². The van der Waals surface area contributed by atoms with Gasteiger partial charge in [-0.05, 0) is 50.7 Å². The molecule has 0 aliphatic carbocycles. The first-order valence-electron chi connectivity index (χ1n) is 8.13. The minimum atomic E-state index is 0.0195. The number of hydrogen-bond acceptors (Lipinski definition) is 4. The van der Waals surface area contributed by atoms with Crippen LogP contribution in [0.4, 0.5) is 4.79 Å². The molecule has 2 rings (SSSR count). The predicted molar refractivity (Wildman–Crippen MR) is 96.7 cm³/mol. The largest absolute Gasteiger partial charge is 0.335 e. The monoisotopic (exact) mass is 336 g/mol. The van der Waals surface area contributed by atoms with Gasteiger partial charge < -0.3 is 10.2 Å². The molecule has 6 heteroatoms. The molecule has 0 saturated carbocycles. The van der Waals surface area contributed by atoms with Crippen molar-refractivity contribution in [1.29, 1.82) is 0 Å². The molecule has 1 N–H and O–H groups in total. The van der Waals surface area contributed by atoms with Gasteiger partial charge in [-0.2, -0.15) is 11.8 Å². The minimum Gasteiger partial charge on any atom is -0.335 e. The van der Waals surface area contributed by atoms with E-state index >= 15 is 0 Å². The summed E-state index contributed by atoms with van der Waals surface area (Å²) < 4.78 is 0. The maximum atomic E-state index is 12.3. The van der Waals surface area contributed by atoms with Gasteiger partial charge in [0.05, 0.1) is 0 Å². The minimum absolute atomic E-state index is 0.0195. The lowest BCUT2D eigenvalue weighted by atomic mass is 9.94. The number of hydrogen-bond donors (Lipinski definition) is 1. The van der Waals surface area contributed by atoms with Gasteiger partial charge in [0.1, 0.15) is 0 Å². The summed E-state index contributed by atoms with van der Waals surface area (Å²) in [6.45, 7) is 3.87. The lowest BCUT2D eigenvalue weighted by Gasteiger charge is -2.29. The number of thioether (sulfide) groups is 1. The van der Waals surface area contributed by atoms with Crippen molar-refractivity contribution in [3.8, 4) is 0 Å². The molecule has 3 atom stereocenters. The fourth-order valence-corrected chi connectivity index (χ4v) is 3.93. The number of pyridine rings is 1. The number of amides is 2. The van der Waals surface area contributed by atoms with Gasteiger partial charge in [0, 0.05) is 43.8 Å². The first-order valence-corrected chi connectivity index (χ1v) is 9.53. The van der Waals surface area contributed by atoms with Gasteiger partial charge in [-0.1, -0.05) is 6.07 Å². The quantitative estimate of drug-likeness (QED) is 0.867. The van der Waals surface area contributed by atoms with Gasteiger partial charge in [0.25, 0.3) is 0 Å². The fourth-order valence-electron chi connectivity index (χ4n) is 3.34. The zero-order valence-corrected chi connectivity index (χ0v) is 15.3. The summed E-state index contributed by atoms with van der Waals surface area (Å²) in [6, 6.07) is 4.67. The summed E-state index contributed by atoms with van der Waals surface area (Å²) in [4.78, 5) is 20.8. The molecule has 0 bridgehead atoms. The van der Waals surface area contributed by atoms with Crippen LogP contribution in [-0.2, 0) is 0 Å². The van der Waals surface area contributed by atoms with Gasteiger partial charge in [0.2, 0.25) is 0 Å². The van der Waals surface area contributed by atoms with Crippen LogP contribution in [0.25, 0.3) is 0 Å². The van der Waals surface area contributed by atoms with Crippen molar-refractivity contribution < 1.29 is 4.79 Å². The Kier molecular flexibility index (Phi) is 6.72. The van der Waals surface area contributed by atoms with E-state index in [0.717, 1.165) is 25.3 Å². The van der Waals surface area contributed by atoms with Crippen molar-refractivity contribution in [1.82, 2.24) is 20.1 Å². The first kappa shape index (κ1) is 18.1. The zero-order chi connectivity index (χ0) is 16.8.